The van der Waals surface area contributed by atoms with Crippen LogP contribution in [0.25, 0.3) is 0 Å². The summed E-state index contributed by atoms with van der Waals surface area (Å²) in [5, 5.41) is 28.4. The number of amides is 2. The van der Waals surface area contributed by atoms with E-state index in [9.17, 15) is 19.8 Å². The second-order valence-electron chi connectivity index (χ2n) is 5.42. The SMILES string of the molecule is O=C(NO)c1ccc2c(c1)N(CCN1SCCC1(O)O)C(=O)CO2. The summed E-state index contributed by atoms with van der Waals surface area (Å²) in [5.41, 5.74) is 2.12. The highest BCUT2D eigenvalue weighted by molar-refractivity contribution is 7.97. The van der Waals surface area contributed by atoms with Gasteiger partial charge in [0.1, 0.15) is 5.75 Å². The van der Waals surface area contributed by atoms with E-state index in [0.29, 0.717) is 17.2 Å². The predicted molar refractivity (Wildman–Crippen MR) is 84.5 cm³/mol. The molecule has 0 unspecified atom stereocenters. The van der Waals surface area contributed by atoms with E-state index in [2.05, 4.69) is 0 Å². The predicted octanol–water partition coefficient (Wildman–Crippen LogP) is -0.477. The Kier molecular flexibility index (Phi) is 4.65. The van der Waals surface area contributed by atoms with Gasteiger partial charge < -0.3 is 19.8 Å². The van der Waals surface area contributed by atoms with Crippen LogP contribution in [0.3, 0.4) is 0 Å². The van der Waals surface area contributed by atoms with Gasteiger partial charge in [-0.15, -0.1) is 0 Å². The highest BCUT2D eigenvalue weighted by atomic mass is 32.2. The summed E-state index contributed by atoms with van der Waals surface area (Å²) in [6.07, 6.45) is 0.228. The molecule has 0 saturated carbocycles. The number of hydrogen-bond donors (Lipinski definition) is 4. The summed E-state index contributed by atoms with van der Waals surface area (Å²) < 4.78 is 6.76. The van der Waals surface area contributed by atoms with E-state index in [1.807, 2.05) is 0 Å². The number of hydrogen-bond acceptors (Lipinski definition) is 8. The number of carbonyl (C=O) groups is 2. The molecule has 2 amide bonds. The molecule has 24 heavy (non-hydrogen) atoms. The lowest BCUT2D eigenvalue weighted by Crippen LogP contribution is -2.47. The maximum atomic E-state index is 12.2. The zero-order valence-electron chi connectivity index (χ0n) is 12.6. The minimum Gasteiger partial charge on any atom is -0.482 e. The number of ether oxygens (including phenoxy) is 1. The second-order valence-corrected chi connectivity index (χ2v) is 6.52. The molecule has 0 bridgehead atoms. The Balaban J connectivity index is 1.81. The third-order valence-electron chi connectivity index (χ3n) is 3.88. The first-order valence-electron chi connectivity index (χ1n) is 7.29. The van der Waals surface area contributed by atoms with Crippen molar-refractivity contribution in [3.8, 4) is 5.75 Å². The molecule has 2 aliphatic heterocycles. The number of benzene rings is 1. The first-order chi connectivity index (χ1) is 11.4. The fraction of sp³-hybridized carbons (Fsp3) is 0.429. The molecule has 4 N–H and O–H groups in total. The van der Waals surface area contributed by atoms with Crippen molar-refractivity contribution in [1.82, 2.24) is 9.79 Å². The first kappa shape index (κ1) is 17.0. The molecule has 0 spiro atoms. The summed E-state index contributed by atoms with van der Waals surface area (Å²) in [4.78, 5) is 25.2. The Labute approximate surface area is 141 Å². The molecule has 1 aromatic carbocycles. The van der Waals surface area contributed by atoms with Crippen LogP contribution in [0.1, 0.15) is 16.8 Å². The van der Waals surface area contributed by atoms with Gasteiger partial charge in [-0.1, -0.05) is 11.9 Å². The number of nitrogens with one attached hydrogen (secondary N) is 1. The van der Waals surface area contributed by atoms with Crippen molar-refractivity contribution in [3.05, 3.63) is 23.8 Å². The van der Waals surface area contributed by atoms with Crippen LogP contribution < -0.4 is 15.1 Å². The average Bonchev–Trinajstić information content (AvgIpc) is 2.91. The minimum atomic E-state index is -1.89. The van der Waals surface area contributed by atoms with Crippen LogP contribution in [0.15, 0.2) is 18.2 Å². The lowest BCUT2D eigenvalue weighted by Gasteiger charge is -2.33. The molecule has 9 nitrogen and oxygen atoms in total. The van der Waals surface area contributed by atoms with E-state index in [0.717, 1.165) is 0 Å². The van der Waals surface area contributed by atoms with Crippen molar-refractivity contribution < 1.29 is 29.7 Å². The first-order valence-corrected chi connectivity index (χ1v) is 8.23. The number of anilines is 1. The number of fused-ring (bicyclic) bond motifs is 1. The van der Waals surface area contributed by atoms with Gasteiger partial charge in [0.15, 0.2) is 6.61 Å². The molecule has 0 aliphatic carbocycles. The molecular formula is C14H17N3O6S. The summed E-state index contributed by atoms with van der Waals surface area (Å²) in [6.45, 7) is 0.309. The summed E-state index contributed by atoms with van der Waals surface area (Å²) in [5.74, 6) is -1.86. The minimum absolute atomic E-state index is 0.130. The zero-order valence-corrected chi connectivity index (χ0v) is 13.5. The van der Waals surface area contributed by atoms with Gasteiger partial charge in [0.2, 0.25) is 5.91 Å². The lowest BCUT2D eigenvalue weighted by molar-refractivity contribution is -0.222. The molecule has 0 atom stereocenters. The monoisotopic (exact) mass is 355 g/mol. The molecule has 1 fully saturated rings. The van der Waals surface area contributed by atoms with Crippen molar-refractivity contribution in [2.24, 2.45) is 0 Å². The quantitative estimate of drug-likeness (QED) is 0.247. The highest BCUT2D eigenvalue weighted by Gasteiger charge is 2.38. The Morgan fingerprint density at radius 3 is 2.83 bits per heavy atom. The van der Waals surface area contributed by atoms with E-state index in [1.165, 1.54) is 33.3 Å². The summed E-state index contributed by atoms with van der Waals surface area (Å²) in [7, 11) is 0. The van der Waals surface area contributed by atoms with E-state index < -0.39 is 11.8 Å². The van der Waals surface area contributed by atoms with Crippen LogP contribution in [0, 0.1) is 0 Å². The third-order valence-corrected chi connectivity index (χ3v) is 5.05. The van der Waals surface area contributed by atoms with Crippen molar-refractivity contribution in [2.45, 2.75) is 12.3 Å². The maximum absolute atomic E-state index is 12.2. The van der Waals surface area contributed by atoms with Crippen molar-refractivity contribution in [2.75, 3.05) is 30.3 Å². The van der Waals surface area contributed by atoms with Crippen molar-refractivity contribution in [3.63, 3.8) is 0 Å². The number of carbonyl (C=O) groups excluding carboxylic acids is 2. The largest absolute Gasteiger partial charge is 0.482 e. The van der Waals surface area contributed by atoms with Crippen LogP contribution in [0.5, 0.6) is 5.75 Å². The Morgan fingerprint density at radius 2 is 2.17 bits per heavy atom. The van der Waals surface area contributed by atoms with Crippen LogP contribution in [0.4, 0.5) is 5.69 Å². The van der Waals surface area contributed by atoms with Crippen LogP contribution in [-0.2, 0) is 4.79 Å². The molecule has 2 heterocycles. The van der Waals surface area contributed by atoms with Gasteiger partial charge in [-0.3, -0.25) is 14.8 Å². The molecule has 2 aliphatic rings. The molecule has 3 rings (SSSR count). The van der Waals surface area contributed by atoms with E-state index in [1.54, 1.807) is 11.5 Å². The normalized spacial score (nSPS) is 19.8. The van der Waals surface area contributed by atoms with Crippen molar-refractivity contribution in [1.29, 1.82) is 0 Å². The fourth-order valence-electron chi connectivity index (χ4n) is 2.61. The standard InChI is InChI=1S/C14H17N3O6S/c18-12-8-23-11-2-1-9(13(19)15-22)7-10(11)16(12)4-5-17-14(20,21)3-6-24-17/h1-2,7,20-22H,3-6,8H2,(H,15,19). The zero-order chi connectivity index (χ0) is 17.3. The molecule has 0 aromatic heterocycles. The van der Waals surface area contributed by atoms with Gasteiger partial charge in [0.25, 0.3) is 11.8 Å². The third kappa shape index (κ3) is 3.19. The van der Waals surface area contributed by atoms with Crippen molar-refractivity contribution >= 4 is 29.4 Å². The fourth-order valence-corrected chi connectivity index (χ4v) is 3.70. The summed E-state index contributed by atoms with van der Waals surface area (Å²) in [6, 6.07) is 4.47. The molecule has 10 heteroatoms. The van der Waals surface area contributed by atoms with Crippen LogP contribution >= 0.6 is 11.9 Å². The van der Waals surface area contributed by atoms with E-state index >= 15 is 0 Å². The average molecular weight is 355 g/mol. The number of nitrogens with zero attached hydrogens (tertiary/aromatic N) is 2. The van der Waals surface area contributed by atoms with E-state index in [-0.39, 0.29) is 37.6 Å². The van der Waals surface area contributed by atoms with Gasteiger partial charge >= 0.3 is 0 Å². The maximum Gasteiger partial charge on any atom is 0.274 e. The molecule has 1 saturated heterocycles. The van der Waals surface area contributed by atoms with Gasteiger partial charge in [-0.2, -0.15) is 4.31 Å². The molecule has 1 aromatic rings. The topological polar surface area (TPSA) is 123 Å². The van der Waals surface area contributed by atoms with Gasteiger partial charge in [-0.25, -0.2) is 5.48 Å². The Hall–Kier alpha value is -1.85. The molecule has 0 radical (unpaired) electrons. The second kappa shape index (κ2) is 6.57. The highest BCUT2D eigenvalue weighted by Crippen LogP contribution is 2.35. The number of rotatable bonds is 4. The van der Waals surface area contributed by atoms with E-state index in [4.69, 9.17) is 9.94 Å². The Morgan fingerprint density at radius 1 is 1.38 bits per heavy atom. The van der Waals surface area contributed by atoms with Crippen LogP contribution in [-0.4, -0.2) is 62.9 Å². The van der Waals surface area contributed by atoms with Crippen LogP contribution in [0.2, 0.25) is 0 Å². The van der Waals surface area contributed by atoms with Gasteiger partial charge in [0, 0.05) is 30.8 Å². The number of hydroxylamine groups is 1. The lowest BCUT2D eigenvalue weighted by atomic mass is 10.1. The van der Waals surface area contributed by atoms with Gasteiger partial charge in [0.05, 0.1) is 5.69 Å². The Bertz CT molecular complexity index is 668. The smallest absolute Gasteiger partial charge is 0.274 e. The number of aliphatic hydroxyl groups is 2. The molecule has 130 valence electrons. The molecular weight excluding hydrogens is 338 g/mol. The summed E-state index contributed by atoms with van der Waals surface area (Å²) >= 11 is 1.30. The van der Waals surface area contributed by atoms with Gasteiger partial charge in [-0.05, 0) is 18.2 Å².